The lowest BCUT2D eigenvalue weighted by molar-refractivity contribution is 0.0981. The summed E-state index contributed by atoms with van der Waals surface area (Å²) in [6, 6.07) is 20.2. The van der Waals surface area contributed by atoms with E-state index in [0.29, 0.717) is 25.5 Å². The lowest BCUT2D eigenvalue weighted by Gasteiger charge is -2.26. The Balaban J connectivity index is 1.33. The third kappa shape index (κ3) is 6.34. The fraction of sp³-hybridized carbons (Fsp3) is 0.379. The second-order valence-corrected chi connectivity index (χ2v) is 10.7. The maximum atomic E-state index is 13.2. The summed E-state index contributed by atoms with van der Waals surface area (Å²) in [6.07, 6.45) is 1.07. The molecule has 1 aliphatic heterocycles. The summed E-state index contributed by atoms with van der Waals surface area (Å²) in [5.74, 6) is 0.634. The van der Waals surface area contributed by atoms with Gasteiger partial charge in [0.1, 0.15) is 10.7 Å². The molecular formula is C29H34N4O3S. The maximum absolute atomic E-state index is 13.2. The first-order chi connectivity index (χ1) is 18.1. The van der Waals surface area contributed by atoms with Gasteiger partial charge in [0.05, 0.1) is 18.0 Å². The summed E-state index contributed by atoms with van der Waals surface area (Å²) in [7, 11) is 1.69. The lowest BCUT2D eigenvalue weighted by Crippen LogP contribution is -2.31. The van der Waals surface area contributed by atoms with Crippen molar-refractivity contribution in [1.29, 1.82) is 0 Å². The number of methoxy groups -OCH3 is 1. The molecule has 0 saturated heterocycles. The van der Waals surface area contributed by atoms with E-state index in [1.807, 2.05) is 36.4 Å². The Morgan fingerprint density at radius 1 is 1.16 bits per heavy atom. The number of H-pyrrole nitrogens is 1. The molecule has 0 aliphatic carbocycles. The van der Waals surface area contributed by atoms with Crippen molar-refractivity contribution in [2.75, 3.05) is 33.4 Å². The minimum Gasteiger partial charge on any atom is -0.387 e. The number of nitrogens with one attached hydrogen (secondary N) is 1. The summed E-state index contributed by atoms with van der Waals surface area (Å²) in [6.45, 7) is 4.95. The van der Waals surface area contributed by atoms with Gasteiger partial charge in [-0.15, -0.1) is 11.3 Å². The molecule has 194 valence electrons. The second-order valence-electron chi connectivity index (χ2n) is 9.65. The molecule has 0 saturated carbocycles. The Labute approximate surface area is 221 Å². The predicted octanol–water partition coefficient (Wildman–Crippen LogP) is 4.12. The van der Waals surface area contributed by atoms with Crippen LogP contribution in [0.15, 0.2) is 65.5 Å². The number of ether oxygens (including phenoxy) is 1. The smallest absolute Gasteiger partial charge is 0.259 e. The van der Waals surface area contributed by atoms with Crippen molar-refractivity contribution < 1.29 is 9.84 Å². The highest BCUT2D eigenvalue weighted by Gasteiger charge is 2.24. The molecule has 3 heterocycles. The SMILES string of the molecule is COCCCN(Cc1nc2sc3c(c2c(=O)[nH]1)CCN(Cc1ccccc1)C3)CC(O)c1ccccc1. The number of aliphatic hydroxyl groups excluding tert-OH is 1. The van der Waals surface area contributed by atoms with Crippen LogP contribution in [0.25, 0.3) is 10.2 Å². The van der Waals surface area contributed by atoms with E-state index in [1.165, 1.54) is 10.4 Å². The average Bonchev–Trinajstić information content (AvgIpc) is 3.28. The standard InChI is InChI=1S/C29H34N4O3S/c1-36-16-8-14-32(18-24(34)22-11-6-3-7-12-22)20-26-30-28(35)27-23-13-15-33(17-21-9-4-2-5-10-21)19-25(23)37-29(27)31-26/h2-7,9-12,24,34H,8,13-20H2,1H3,(H,30,31,35). The number of hydrogen-bond acceptors (Lipinski definition) is 7. The topological polar surface area (TPSA) is 81.7 Å². The van der Waals surface area contributed by atoms with E-state index in [9.17, 15) is 9.90 Å². The fourth-order valence-corrected chi connectivity index (χ4v) is 6.34. The summed E-state index contributed by atoms with van der Waals surface area (Å²) >= 11 is 1.64. The Kier molecular flexibility index (Phi) is 8.43. The maximum Gasteiger partial charge on any atom is 0.259 e. The van der Waals surface area contributed by atoms with E-state index in [1.54, 1.807) is 18.4 Å². The van der Waals surface area contributed by atoms with E-state index in [0.717, 1.165) is 60.4 Å². The summed E-state index contributed by atoms with van der Waals surface area (Å²) in [5.41, 5.74) is 3.27. The van der Waals surface area contributed by atoms with Gasteiger partial charge in [0.25, 0.3) is 5.56 Å². The van der Waals surface area contributed by atoms with Crippen LogP contribution in [0.3, 0.4) is 0 Å². The minimum absolute atomic E-state index is 0.0607. The Bertz CT molecular complexity index is 1360. The molecule has 0 radical (unpaired) electrons. The zero-order valence-corrected chi connectivity index (χ0v) is 22.0. The van der Waals surface area contributed by atoms with Crippen molar-refractivity contribution in [1.82, 2.24) is 19.8 Å². The molecule has 8 heteroatoms. The van der Waals surface area contributed by atoms with E-state index in [2.05, 4.69) is 39.0 Å². The molecule has 4 aromatic rings. The largest absolute Gasteiger partial charge is 0.387 e. The highest BCUT2D eigenvalue weighted by Crippen LogP contribution is 2.33. The molecule has 2 N–H and O–H groups in total. The number of fused-ring (bicyclic) bond motifs is 3. The molecule has 5 rings (SSSR count). The van der Waals surface area contributed by atoms with Gasteiger partial charge >= 0.3 is 0 Å². The van der Waals surface area contributed by atoms with Crippen LogP contribution in [-0.4, -0.2) is 58.2 Å². The molecule has 7 nitrogen and oxygen atoms in total. The zero-order chi connectivity index (χ0) is 25.6. The van der Waals surface area contributed by atoms with E-state index in [-0.39, 0.29) is 5.56 Å². The van der Waals surface area contributed by atoms with Gasteiger partial charge in [0.2, 0.25) is 0 Å². The van der Waals surface area contributed by atoms with Crippen LogP contribution >= 0.6 is 11.3 Å². The third-order valence-corrected chi connectivity index (χ3v) is 8.01. The second kappa shape index (κ2) is 12.1. The van der Waals surface area contributed by atoms with Crippen LogP contribution in [0.2, 0.25) is 0 Å². The van der Waals surface area contributed by atoms with Crippen LogP contribution in [0.5, 0.6) is 0 Å². The molecule has 0 spiro atoms. The van der Waals surface area contributed by atoms with Crippen LogP contribution in [0.1, 0.15) is 39.9 Å². The first-order valence-corrected chi connectivity index (χ1v) is 13.7. The quantitative estimate of drug-likeness (QED) is 0.291. The highest BCUT2D eigenvalue weighted by molar-refractivity contribution is 7.18. The number of nitrogens with zero attached hydrogens (tertiary/aromatic N) is 3. The third-order valence-electron chi connectivity index (χ3n) is 6.90. The van der Waals surface area contributed by atoms with Gasteiger partial charge in [-0.2, -0.15) is 0 Å². The van der Waals surface area contributed by atoms with Crippen LogP contribution in [0.4, 0.5) is 0 Å². The van der Waals surface area contributed by atoms with Gasteiger partial charge in [-0.25, -0.2) is 4.98 Å². The first-order valence-electron chi connectivity index (χ1n) is 12.8. The Morgan fingerprint density at radius 3 is 2.68 bits per heavy atom. The number of thiophene rings is 1. The van der Waals surface area contributed by atoms with Gasteiger partial charge in [-0.3, -0.25) is 14.6 Å². The Morgan fingerprint density at radius 2 is 1.92 bits per heavy atom. The number of hydrogen-bond donors (Lipinski definition) is 2. The van der Waals surface area contributed by atoms with Crippen LogP contribution in [-0.2, 0) is 30.8 Å². The molecule has 1 unspecified atom stereocenters. The van der Waals surface area contributed by atoms with E-state index >= 15 is 0 Å². The molecule has 2 aromatic heterocycles. The van der Waals surface area contributed by atoms with Crippen molar-refractivity contribution in [2.24, 2.45) is 0 Å². The van der Waals surface area contributed by atoms with Gasteiger partial charge in [-0.1, -0.05) is 60.7 Å². The molecule has 0 amide bonds. The van der Waals surface area contributed by atoms with Gasteiger partial charge in [0, 0.05) is 51.3 Å². The fourth-order valence-electron chi connectivity index (χ4n) is 5.05. The summed E-state index contributed by atoms with van der Waals surface area (Å²) in [5, 5.41) is 11.6. The molecule has 1 atom stereocenters. The normalized spacial score (nSPS) is 14.8. The van der Waals surface area contributed by atoms with E-state index in [4.69, 9.17) is 9.72 Å². The van der Waals surface area contributed by atoms with Crippen molar-refractivity contribution in [2.45, 2.75) is 38.6 Å². The highest BCUT2D eigenvalue weighted by atomic mass is 32.1. The molecule has 0 fully saturated rings. The van der Waals surface area contributed by atoms with E-state index < -0.39 is 6.10 Å². The number of rotatable bonds is 11. The number of aromatic amines is 1. The lowest BCUT2D eigenvalue weighted by atomic mass is 10.0. The Hall–Kier alpha value is -2.88. The molecule has 1 aliphatic rings. The number of aromatic nitrogens is 2. The van der Waals surface area contributed by atoms with Crippen LogP contribution in [0, 0.1) is 0 Å². The van der Waals surface area contributed by atoms with Gasteiger partial charge in [-0.05, 0) is 29.5 Å². The monoisotopic (exact) mass is 518 g/mol. The summed E-state index contributed by atoms with van der Waals surface area (Å²) in [4.78, 5) is 27.8. The van der Waals surface area contributed by atoms with Crippen molar-refractivity contribution in [3.8, 4) is 0 Å². The number of benzene rings is 2. The molecule has 2 aromatic carbocycles. The van der Waals surface area contributed by atoms with Crippen molar-refractivity contribution in [3.63, 3.8) is 0 Å². The molecule has 37 heavy (non-hydrogen) atoms. The average molecular weight is 519 g/mol. The predicted molar refractivity (Wildman–Crippen MR) is 148 cm³/mol. The zero-order valence-electron chi connectivity index (χ0n) is 21.2. The first kappa shape index (κ1) is 25.8. The van der Waals surface area contributed by atoms with Gasteiger partial charge < -0.3 is 14.8 Å². The molecular weight excluding hydrogens is 484 g/mol. The van der Waals surface area contributed by atoms with Crippen LogP contribution < -0.4 is 5.56 Å². The molecule has 0 bridgehead atoms. The summed E-state index contributed by atoms with van der Waals surface area (Å²) < 4.78 is 5.24. The number of aliphatic hydroxyl groups is 1. The van der Waals surface area contributed by atoms with Gasteiger partial charge in [0.15, 0.2) is 0 Å². The minimum atomic E-state index is -0.621. The van der Waals surface area contributed by atoms with Crippen molar-refractivity contribution >= 4 is 21.6 Å². The van der Waals surface area contributed by atoms with Crippen molar-refractivity contribution in [3.05, 3.63) is 98.4 Å².